The second kappa shape index (κ2) is 5.95. The number of hydrogen-bond donors (Lipinski definition) is 1. The quantitative estimate of drug-likeness (QED) is 0.930. The maximum absolute atomic E-state index is 5.30. The van der Waals surface area contributed by atoms with Gasteiger partial charge in [0.2, 0.25) is 5.88 Å². The fourth-order valence-electron chi connectivity index (χ4n) is 2.58. The smallest absolute Gasteiger partial charge is 0.209 e. The van der Waals surface area contributed by atoms with Crippen LogP contribution in [0.1, 0.15) is 18.9 Å². The second-order valence-electron chi connectivity index (χ2n) is 5.24. The van der Waals surface area contributed by atoms with Crippen molar-refractivity contribution in [3.8, 4) is 0 Å². The number of H-pyrrole nitrogens is 1. The van der Waals surface area contributed by atoms with Crippen molar-refractivity contribution in [1.82, 2.24) is 9.97 Å². The Kier molecular flexibility index (Phi) is 3.86. The van der Waals surface area contributed by atoms with Crippen LogP contribution < -0.4 is 0 Å². The lowest BCUT2D eigenvalue weighted by molar-refractivity contribution is 0.285. The van der Waals surface area contributed by atoms with Gasteiger partial charge in [-0.2, -0.15) is 0 Å². The van der Waals surface area contributed by atoms with Crippen LogP contribution in [0.5, 0.6) is 0 Å². The summed E-state index contributed by atoms with van der Waals surface area (Å²) in [6, 6.07) is 4.09. The molecular weight excluding hydrogens is 262 g/mol. The standard InChI is InChI=1S/C17H19N3O/c1-12-5-6-13(10-16(20-12)21-2)7-8-14-11-19-17-15(14)4-3-9-18-17/h3-6,9-11,13H,7-8H2,1-2H3,(H,18,19). The third-order valence-electron chi connectivity index (χ3n) is 3.72. The maximum Gasteiger partial charge on any atom is 0.209 e. The topological polar surface area (TPSA) is 50.3 Å². The van der Waals surface area contributed by atoms with E-state index < -0.39 is 0 Å². The van der Waals surface area contributed by atoms with Crippen molar-refractivity contribution in [3.63, 3.8) is 0 Å². The minimum Gasteiger partial charge on any atom is -0.481 e. The van der Waals surface area contributed by atoms with Crippen LogP contribution in [0.25, 0.3) is 11.0 Å². The van der Waals surface area contributed by atoms with Gasteiger partial charge in [-0.15, -0.1) is 0 Å². The van der Waals surface area contributed by atoms with Crippen LogP contribution in [0.2, 0.25) is 0 Å². The van der Waals surface area contributed by atoms with E-state index in [-0.39, 0.29) is 0 Å². The number of aliphatic imine (C=N–C) groups is 1. The number of aryl methyl sites for hydroxylation is 1. The van der Waals surface area contributed by atoms with Gasteiger partial charge in [0.15, 0.2) is 0 Å². The van der Waals surface area contributed by atoms with Crippen LogP contribution in [0, 0.1) is 5.92 Å². The van der Waals surface area contributed by atoms with Gasteiger partial charge in [-0.05, 0) is 49.6 Å². The first-order valence-electron chi connectivity index (χ1n) is 7.16. The van der Waals surface area contributed by atoms with Gasteiger partial charge in [0.05, 0.1) is 7.11 Å². The van der Waals surface area contributed by atoms with E-state index in [9.17, 15) is 0 Å². The van der Waals surface area contributed by atoms with Crippen LogP contribution in [-0.2, 0) is 11.2 Å². The Labute approximate surface area is 124 Å². The van der Waals surface area contributed by atoms with Crippen molar-refractivity contribution in [2.24, 2.45) is 10.9 Å². The molecular formula is C17H19N3O. The first-order valence-corrected chi connectivity index (χ1v) is 7.16. The molecule has 1 unspecified atom stereocenters. The molecule has 2 aromatic rings. The number of pyridine rings is 1. The molecule has 0 spiro atoms. The lowest BCUT2D eigenvalue weighted by Gasteiger charge is -2.07. The summed E-state index contributed by atoms with van der Waals surface area (Å²) in [5.74, 6) is 1.03. The zero-order valence-electron chi connectivity index (χ0n) is 12.3. The van der Waals surface area contributed by atoms with Crippen molar-refractivity contribution in [3.05, 3.63) is 54.2 Å². The van der Waals surface area contributed by atoms with Crippen molar-refractivity contribution >= 4 is 16.7 Å². The number of aromatic nitrogens is 2. The van der Waals surface area contributed by atoms with Crippen molar-refractivity contribution in [2.75, 3.05) is 7.11 Å². The third-order valence-corrected chi connectivity index (χ3v) is 3.72. The molecule has 0 radical (unpaired) electrons. The van der Waals surface area contributed by atoms with Gasteiger partial charge < -0.3 is 9.72 Å². The lowest BCUT2D eigenvalue weighted by Crippen LogP contribution is -1.97. The van der Waals surface area contributed by atoms with Gasteiger partial charge in [-0.3, -0.25) is 0 Å². The summed E-state index contributed by atoms with van der Waals surface area (Å²) >= 11 is 0. The number of allylic oxidation sites excluding steroid dienone is 3. The average molecular weight is 281 g/mol. The van der Waals surface area contributed by atoms with Crippen LogP contribution in [0.4, 0.5) is 0 Å². The molecule has 0 aliphatic carbocycles. The van der Waals surface area contributed by atoms with E-state index in [1.807, 2.05) is 19.2 Å². The Balaban J connectivity index is 1.74. The van der Waals surface area contributed by atoms with Crippen molar-refractivity contribution < 1.29 is 4.74 Å². The number of hydrogen-bond acceptors (Lipinski definition) is 3. The molecule has 0 saturated carbocycles. The van der Waals surface area contributed by atoms with Crippen LogP contribution in [0.15, 0.2) is 53.6 Å². The first kappa shape index (κ1) is 13.6. The molecule has 108 valence electrons. The SMILES string of the molecule is COC1=CC(CCc2c[nH]c3ncccc23)C=CC(C)=N1. The number of methoxy groups -OCH3 is 1. The van der Waals surface area contributed by atoms with Gasteiger partial charge >= 0.3 is 0 Å². The highest BCUT2D eigenvalue weighted by Gasteiger charge is 2.10. The molecule has 1 N–H and O–H groups in total. The zero-order chi connectivity index (χ0) is 14.7. The lowest BCUT2D eigenvalue weighted by atomic mass is 9.98. The van der Waals surface area contributed by atoms with Gasteiger partial charge in [0.25, 0.3) is 0 Å². The Bertz CT molecular complexity index is 724. The van der Waals surface area contributed by atoms with E-state index in [0.717, 1.165) is 24.2 Å². The molecule has 1 aliphatic heterocycles. The average Bonchev–Trinajstić information content (AvgIpc) is 2.82. The number of rotatable bonds is 4. The number of fused-ring (bicyclic) bond motifs is 1. The molecule has 4 heteroatoms. The predicted octanol–water partition coefficient (Wildman–Crippen LogP) is 3.63. The molecule has 0 amide bonds. The van der Waals surface area contributed by atoms with Crippen molar-refractivity contribution in [1.29, 1.82) is 0 Å². The highest BCUT2D eigenvalue weighted by atomic mass is 16.5. The van der Waals surface area contributed by atoms with E-state index in [1.165, 1.54) is 10.9 Å². The van der Waals surface area contributed by atoms with E-state index in [1.54, 1.807) is 7.11 Å². The summed E-state index contributed by atoms with van der Waals surface area (Å²) in [7, 11) is 1.66. The second-order valence-corrected chi connectivity index (χ2v) is 5.24. The molecule has 0 aromatic carbocycles. The normalized spacial score (nSPS) is 18.3. The highest BCUT2D eigenvalue weighted by Crippen LogP contribution is 2.22. The molecule has 3 heterocycles. The molecule has 2 aromatic heterocycles. The van der Waals surface area contributed by atoms with Gasteiger partial charge in [0, 0.05) is 29.4 Å². The summed E-state index contributed by atoms with van der Waals surface area (Å²) in [5.41, 5.74) is 3.24. The molecule has 1 aliphatic rings. The van der Waals surface area contributed by atoms with E-state index in [4.69, 9.17) is 4.74 Å². The minimum absolute atomic E-state index is 0.336. The Morgan fingerprint density at radius 2 is 2.29 bits per heavy atom. The zero-order valence-corrected chi connectivity index (χ0v) is 12.3. The summed E-state index contributed by atoms with van der Waals surface area (Å²) in [6.45, 7) is 1.98. The van der Waals surface area contributed by atoms with Gasteiger partial charge in [0.1, 0.15) is 5.65 Å². The van der Waals surface area contributed by atoms with Gasteiger partial charge in [-0.1, -0.05) is 6.08 Å². The molecule has 0 fully saturated rings. The fraction of sp³-hybridized carbons (Fsp3) is 0.294. The van der Waals surface area contributed by atoms with Crippen LogP contribution >= 0.6 is 0 Å². The highest BCUT2D eigenvalue weighted by molar-refractivity contribution is 5.93. The van der Waals surface area contributed by atoms with E-state index in [0.29, 0.717) is 11.8 Å². The number of nitrogens with zero attached hydrogens (tertiary/aromatic N) is 2. The Hall–Kier alpha value is -2.36. The van der Waals surface area contributed by atoms with Crippen LogP contribution in [0.3, 0.4) is 0 Å². The molecule has 3 rings (SSSR count). The fourth-order valence-corrected chi connectivity index (χ4v) is 2.58. The van der Waals surface area contributed by atoms with Crippen LogP contribution in [-0.4, -0.2) is 22.8 Å². The molecule has 4 nitrogen and oxygen atoms in total. The number of aromatic amines is 1. The predicted molar refractivity (Wildman–Crippen MR) is 85.2 cm³/mol. The third kappa shape index (κ3) is 3.05. The van der Waals surface area contributed by atoms with Crippen molar-refractivity contribution in [2.45, 2.75) is 19.8 Å². The summed E-state index contributed by atoms with van der Waals surface area (Å²) in [6.07, 6.45) is 12.2. The monoisotopic (exact) mass is 281 g/mol. The number of nitrogens with one attached hydrogen (secondary N) is 1. The first-order chi connectivity index (χ1) is 10.3. The Morgan fingerprint density at radius 1 is 1.38 bits per heavy atom. The van der Waals surface area contributed by atoms with Gasteiger partial charge in [-0.25, -0.2) is 9.98 Å². The largest absolute Gasteiger partial charge is 0.481 e. The minimum atomic E-state index is 0.336. The molecule has 0 saturated heterocycles. The summed E-state index contributed by atoms with van der Waals surface area (Å²) in [5, 5.41) is 1.21. The Morgan fingerprint density at radius 3 is 3.14 bits per heavy atom. The molecule has 21 heavy (non-hydrogen) atoms. The summed E-state index contributed by atoms with van der Waals surface area (Å²) in [4.78, 5) is 11.9. The number of ether oxygens (including phenoxy) is 1. The van der Waals surface area contributed by atoms with E-state index in [2.05, 4.69) is 45.5 Å². The summed E-state index contributed by atoms with van der Waals surface area (Å²) < 4.78 is 5.30. The molecule has 1 atom stereocenters. The van der Waals surface area contributed by atoms with E-state index >= 15 is 0 Å². The molecule has 0 bridgehead atoms. The maximum atomic E-state index is 5.30.